The molecule has 1 heterocycles. The van der Waals surface area contributed by atoms with Crippen molar-refractivity contribution in [2.75, 3.05) is 11.9 Å². The Morgan fingerprint density at radius 3 is 2.54 bits per heavy atom. The van der Waals surface area contributed by atoms with Crippen molar-refractivity contribution in [3.63, 3.8) is 0 Å². The Hall–Kier alpha value is -1.16. The average Bonchev–Trinajstić information content (AvgIpc) is 2.17. The van der Waals surface area contributed by atoms with Gasteiger partial charge in [-0.25, -0.2) is 9.97 Å². The number of nitrogens with zero attached hydrogens (tertiary/aromatic N) is 2. The predicted molar refractivity (Wildman–Crippen MR) is 51.6 cm³/mol. The number of aliphatic hydroxyl groups is 1. The predicted octanol–water partition coefficient (Wildman–Crippen LogP) is 0.968. The summed E-state index contributed by atoms with van der Waals surface area (Å²) in [6.07, 6.45) is 4.35. The van der Waals surface area contributed by atoms with Gasteiger partial charge in [-0.1, -0.05) is 6.92 Å². The molecule has 0 saturated heterocycles. The van der Waals surface area contributed by atoms with Crippen molar-refractivity contribution in [2.24, 2.45) is 0 Å². The Bertz CT molecular complexity index is 244. The highest BCUT2D eigenvalue weighted by molar-refractivity contribution is 5.25. The van der Waals surface area contributed by atoms with E-state index < -0.39 is 0 Å². The highest BCUT2D eigenvalue weighted by atomic mass is 16.3. The maximum Gasteiger partial charge on any atom is 0.222 e. The van der Waals surface area contributed by atoms with Crippen LogP contribution in [0.3, 0.4) is 0 Å². The normalized spacial score (nSPS) is 12.5. The standard InChI is InChI=1S/C9H15N3O/c1-3-8(6-13)12-9-10-4-7(2)5-11-9/h4-5,8,13H,3,6H2,1-2H3,(H,10,11,12). The van der Waals surface area contributed by atoms with E-state index in [1.165, 1.54) is 0 Å². The summed E-state index contributed by atoms with van der Waals surface area (Å²) in [5.41, 5.74) is 1.03. The van der Waals surface area contributed by atoms with E-state index in [-0.39, 0.29) is 12.6 Å². The summed E-state index contributed by atoms with van der Waals surface area (Å²) in [5.74, 6) is 0.575. The van der Waals surface area contributed by atoms with Crippen LogP contribution in [-0.4, -0.2) is 27.7 Å². The molecule has 0 saturated carbocycles. The zero-order valence-corrected chi connectivity index (χ0v) is 7.99. The van der Waals surface area contributed by atoms with Gasteiger partial charge in [-0.3, -0.25) is 0 Å². The van der Waals surface area contributed by atoms with E-state index in [1.54, 1.807) is 12.4 Å². The van der Waals surface area contributed by atoms with E-state index in [4.69, 9.17) is 5.11 Å². The molecular formula is C9H15N3O. The topological polar surface area (TPSA) is 58.0 Å². The van der Waals surface area contributed by atoms with Crippen LogP contribution in [0.25, 0.3) is 0 Å². The quantitative estimate of drug-likeness (QED) is 0.726. The molecule has 1 aromatic heterocycles. The third kappa shape index (κ3) is 2.99. The lowest BCUT2D eigenvalue weighted by molar-refractivity contribution is 0.271. The van der Waals surface area contributed by atoms with Gasteiger partial charge in [0.2, 0.25) is 5.95 Å². The molecule has 0 aromatic carbocycles. The van der Waals surface area contributed by atoms with E-state index in [0.29, 0.717) is 5.95 Å². The molecule has 0 aliphatic heterocycles. The molecule has 1 aromatic rings. The summed E-state index contributed by atoms with van der Waals surface area (Å²) in [6.45, 7) is 4.04. The summed E-state index contributed by atoms with van der Waals surface area (Å²) in [6, 6.07) is 0.0442. The average molecular weight is 181 g/mol. The minimum atomic E-state index is 0.0442. The molecule has 0 bridgehead atoms. The third-order valence-corrected chi connectivity index (χ3v) is 1.83. The zero-order chi connectivity index (χ0) is 9.68. The molecule has 1 unspecified atom stereocenters. The molecule has 1 rings (SSSR count). The van der Waals surface area contributed by atoms with E-state index in [0.717, 1.165) is 12.0 Å². The van der Waals surface area contributed by atoms with Crippen LogP contribution in [0.15, 0.2) is 12.4 Å². The van der Waals surface area contributed by atoms with E-state index in [2.05, 4.69) is 15.3 Å². The lowest BCUT2D eigenvalue weighted by atomic mass is 10.2. The van der Waals surface area contributed by atoms with Crippen molar-refractivity contribution in [2.45, 2.75) is 26.3 Å². The van der Waals surface area contributed by atoms with Crippen LogP contribution in [-0.2, 0) is 0 Å². The number of nitrogens with one attached hydrogen (secondary N) is 1. The van der Waals surface area contributed by atoms with Crippen LogP contribution < -0.4 is 5.32 Å². The van der Waals surface area contributed by atoms with Crippen LogP contribution in [0, 0.1) is 6.92 Å². The molecule has 0 spiro atoms. The number of aromatic nitrogens is 2. The Balaban J connectivity index is 2.58. The van der Waals surface area contributed by atoms with Gasteiger partial charge in [0.05, 0.1) is 12.6 Å². The maximum absolute atomic E-state index is 8.92. The monoisotopic (exact) mass is 181 g/mol. The second-order valence-corrected chi connectivity index (χ2v) is 3.02. The SMILES string of the molecule is CCC(CO)Nc1ncc(C)cn1. The first-order chi connectivity index (χ1) is 6.26. The molecule has 13 heavy (non-hydrogen) atoms. The summed E-state index contributed by atoms with van der Waals surface area (Å²) < 4.78 is 0. The lowest BCUT2D eigenvalue weighted by Gasteiger charge is -2.13. The van der Waals surface area contributed by atoms with Crippen molar-refractivity contribution in [1.29, 1.82) is 0 Å². The first-order valence-corrected chi connectivity index (χ1v) is 4.42. The minimum absolute atomic E-state index is 0.0442. The van der Waals surface area contributed by atoms with Crippen LogP contribution in [0.5, 0.6) is 0 Å². The van der Waals surface area contributed by atoms with E-state index >= 15 is 0 Å². The number of hydrogen-bond donors (Lipinski definition) is 2. The molecule has 4 heteroatoms. The van der Waals surface area contributed by atoms with Crippen molar-refractivity contribution in [3.8, 4) is 0 Å². The van der Waals surface area contributed by atoms with E-state index in [1.807, 2.05) is 13.8 Å². The molecule has 2 N–H and O–H groups in total. The molecule has 0 aliphatic rings. The van der Waals surface area contributed by atoms with Gasteiger partial charge in [0.1, 0.15) is 0 Å². The number of rotatable bonds is 4. The van der Waals surface area contributed by atoms with Gasteiger partial charge in [-0.05, 0) is 18.9 Å². The fourth-order valence-electron chi connectivity index (χ4n) is 0.927. The van der Waals surface area contributed by atoms with Gasteiger partial charge in [0, 0.05) is 12.4 Å². The molecule has 1 atom stereocenters. The van der Waals surface area contributed by atoms with Gasteiger partial charge in [-0.2, -0.15) is 0 Å². The number of anilines is 1. The number of aryl methyl sites for hydroxylation is 1. The Labute approximate surface area is 78.0 Å². The Kier molecular flexibility index (Phi) is 3.64. The smallest absolute Gasteiger partial charge is 0.222 e. The Morgan fingerprint density at radius 1 is 1.46 bits per heavy atom. The summed E-state index contributed by atoms with van der Waals surface area (Å²) in [7, 11) is 0. The van der Waals surface area contributed by atoms with E-state index in [9.17, 15) is 0 Å². The Morgan fingerprint density at radius 2 is 2.08 bits per heavy atom. The fraction of sp³-hybridized carbons (Fsp3) is 0.556. The van der Waals surface area contributed by atoms with Crippen LogP contribution in [0.2, 0.25) is 0 Å². The highest BCUT2D eigenvalue weighted by Crippen LogP contribution is 2.02. The summed E-state index contributed by atoms with van der Waals surface area (Å²) in [5, 5.41) is 12.0. The maximum atomic E-state index is 8.92. The van der Waals surface area contributed by atoms with Gasteiger partial charge >= 0.3 is 0 Å². The molecule has 0 amide bonds. The van der Waals surface area contributed by atoms with Gasteiger partial charge < -0.3 is 10.4 Å². The van der Waals surface area contributed by atoms with Crippen molar-refractivity contribution in [3.05, 3.63) is 18.0 Å². The second kappa shape index (κ2) is 4.77. The second-order valence-electron chi connectivity index (χ2n) is 3.02. The largest absolute Gasteiger partial charge is 0.394 e. The van der Waals surface area contributed by atoms with Gasteiger partial charge in [0.25, 0.3) is 0 Å². The lowest BCUT2D eigenvalue weighted by Crippen LogP contribution is -2.23. The van der Waals surface area contributed by atoms with Crippen molar-refractivity contribution >= 4 is 5.95 Å². The molecule has 4 nitrogen and oxygen atoms in total. The fourth-order valence-corrected chi connectivity index (χ4v) is 0.927. The first kappa shape index (κ1) is 9.92. The zero-order valence-electron chi connectivity index (χ0n) is 7.99. The number of aliphatic hydroxyl groups excluding tert-OH is 1. The minimum Gasteiger partial charge on any atom is -0.394 e. The first-order valence-electron chi connectivity index (χ1n) is 4.42. The van der Waals surface area contributed by atoms with Gasteiger partial charge in [-0.15, -0.1) is 0 Å². The van der Waals surface area contributed by atoms with Crippen LogP contribution >= 0.6 is 0 Å². The van der Waals surface area contributed by atoms with Gasteiger partial charge in [0.15, 0.2) is 0 Å². The third-order valence-electron chi connectivity index (χ3n) is 1.83. The van der Waals surface area contributed by atoms with Crippen LogP contribution in [0.1, 0.15) is 18.9 Å². The molecule has 72 valence electrons. The summed E-state index contributed by atoms with van der Waals surface area (Å²) >= 11 is 0. The molecular weight excluding hydrogens is 166 g/mol. The van der Waals surface area contributed by atoms with Crippen LogP contribution in [0.4, 0.5) is 5.95 Å². The number of hydrogen-bond acceptors (Lipinski definition) is 4. The molecule has 0 radical (unpaired) electrons. The summed E-state index contributed by atoms with van der Waals surface area (Å²) in [4.78, 5) is 8.16. The van der Waals surface area contributed by atoms with Crippen molar-refractivity contribution < 1.29 is 5.11 Å². The highest BCUT2D eigenvalue weighted by Gasteiger charge is 2.04. The molecule has 0 aliphatic carbocycles. The molecule has 0 fully saturated rings. The van der Waals surface area contributed by atoms with Crippen molar-refractivity contribution in [1.82, 2.24) is 9.97 Å².